The number of amides is 1. The van der Waals surface area contributed by atoms with Crippen LogP contribution < -0.4 is 5.32 Å². The van der Waals surface area contributed by atoms with Crippen LogP contribution in [0.2, 0.25) is 0 Å². The van der Waals surface area contributed by atoms with Crippen LogP contribution in [0.25, 0.3) is 0 Å². The van der Waals surface area contributed by atoms with Gasteiger partial charge in [0.1, 0.15) is 11.9 Å². The number of hydrogen-bond acceptors (Lipinski definition) is 5. The predicted octanol–water partition coefficient (Wildman–Crippen LogP) is 4.10. The van der Waals surface area contributed by atoms with Crippen LogP contribution in [0.3, 0.4) is 0 Å². The maximum absolute atomic E-state index is 12.3. The summed E-state index contributed by atoms with van der Waals surface area (Å²) in [4.78, 5) is 23.2. The van der Waals surface area contributed by atoms with Crippen molar-refractivity contribution < 1.29 is 29.3 Å². The number of ether oxygens (including phenoxy) is 2. The van der Waals surface area contributed by atoms with Crippen molar-refractivity contribution in [1.29, 1.82) is 0 Å². The van der Waals surface area contributed by atoms with Crippen LogP contribution in [0.5, 0.6) is 5.75 Å². The van der Waals surface area contributed by atoms with Crippen molar-refractivity contribution in [3.05, 3.63) is 70.7 Å². The Morgan fingerprint density at radius 3 is 2.52 bits per heavy atom. The normalized spacial score (nSPS) is 13.1. The van der Waals surface area contributed by atoms with Crippen LogP contribution in [-0.2, 0) is 14.3 Å². The lowest BCUT2D eigenvalue weighted by molar-refractivity contribution is -0.131. The molecular formula is C19H18BrNO6. The number of carbonyl (C=O) groups is 2. The number of para-hydroxylation sites is 1. The fraction of sp³-hybridized carbons (Fsp3) is 0.158. The van der Waals surface area contributed by atoms with Crippen molar-refractivity contribution in [3.63, 3.8) is 0 Å². The molecule has 2 rings (SSSR count). The Bertz CT molecular complexity index is 824. The van der Waals surface area contributed by atoms with Gasteiger partial charge in [-0.25, -0.2) is 9.59 Å². The highest BCUT2D eigenvalue weighted by atomic mass is 79.9. The molecule has 0 saturated carbocycles. The molecule has 1 amide bonds. The number of halogens is 1. The van der Waals surface area contributed by atoms with Crippen LogP contribution in [0.1, 0.15) is 11.7 Å². The second-order valence-corrected chi connectivity index (χ2v) is 6.33. The van der Waals surface area contributed by atoms with E-state index in [9.17, 15) is 14.7 Å². The molecule has 2 atom stereocenters. The Kier molecular flexibility index (Phi) is 7.39. The van der Waals surface area contributed by atoms with Crippen molar-refractivity contribution in [2.75, 3.05) is 12.4 Å². The number of nitrogens with one attached hydrogen (secondary N) is 1. The Balaban J connectivity index is 2.32. The van der Waals surface area contributed by atoms with E-state index in [1.54, 1.807) is 42.5 Å². The Morgan fingerprint density at radius 1 is 1.19 bits per heavy atom. The second kappa shape index (κ2) is 9.75. The fourth-order valence-corrected chi connectivity index (χ4v) is 2.70. The van der Waals surface area contributed by atoms with Crippen LogP contribution in [0, 0.1) is 0 Å². The topological polar surface area (TPSA) is 105 Å². The zero-order valence-corrected chi connectivity index (χ0v) is 15.9. The number of benzene rings is 2. The molecule has 0 heterocycles. The minimum Gasteiger partial charge on any atom is -0.508 e. The second-order valence-electron chi connectivity index (χ2n) is 5.42. The van der Waals surface area contributed by atoms with Gasteiger partial charge >= 0.3 is 12.1 Å². The number of anilines is 1. The highest BCUT2D eigenvalue weighted by Gasteiger charge is 2.28. The van der Waals surface area contributed by atoms with Gasteiger partial charge in [0.2, 0.25) is 0 Å². The van der Waals surface area contributed by atoms with Gasteiger partial charge in [-0.2, -0.15) is 0 Å². The molecule has 0 fully saturated rings. The van der Waals surface area contributed by atoms with E-state index in [-0.39, 0.29) is 11.3 Å². The molecule has 0 saturated heterocycles. The molecule has 2 aromatic rings. The monoisotopic (exact) mass is 435 g/mol. The molecule has 2 aromatic carbocycles. The molecule has 3 N–H and O–H groups in total. The van der Waals surface area contributed by atoms with Crippen LogP contribution in [-0.4, -0.2) is 35.5 Å². The number of phenols is 1. The molecule has 142 valence electrons. The minimum absolute atomic E-state index is 0.124. The number of methoxy groups -OCH3 is 1. The smallest absolute Gasteiger partial charge is 0.412 e. The Labute approximate surface area is 164 Å². The third-order valence-electron chi connectivity index (χ3n) is 3.55. The quantitative estimate of drug-likeness (QED) is 0.565. The Morgan fingerprint density at radius 2 is 1.89 bits per heavy atom. The number of aliphatic carboxylic acids is 1. The summed E-state index contributed by atoms with van der Waals surface area (Å²) in [6.45, 7) is 0. The molecule has 0 aliphatic carbocycles. The molecule has 7 nitrogen and oxygen atoms in total. The van der Waals surface area contributed by atoms with E-state index in [0.717, 1.165) is 6.08 Å². The number of carboxylic acids is 1. The molecule has 0 radical (unpaired) electrons. The van der Waals surface area contributed by atoms with Crippen molar-refractivity contribution in [2.24, 2.45) is 0 Å². The largest absolute Gasteiger partial charge is 0.508 e. The third-order valence-corrected chi connectivity index (χ3v) is 4.04. The van der Waals surface area contributed by atoms with Crippen LogP contribution in [0.15, 0.2) is 65.2 Å². The first kappa shape index (κ1) is 20.5. The summed E-state index contributed by atoms with van der Waals surface area (Å²) >= 11 is 3.30. The van der Waals surface area contributed by atoms with E-state index in [1.165, 1.54) is 19.3 Å². The summed E-state index contributed by atoms with van der Waals surface area (Å²) < 4.78 is 11.4. The maximum Gasteiger partial charge on any atom is 0.412 e. The minimum atomic E-state index is -1.18. The first-order valence-corrected chi connectivity index (χ1v) is 8.65. The molecule has 27 heavy (non-hydrogen) atoms. The van der Waals surface area contributed by atoms with Gasteiger partial charge in [-0.3, -0.25) is 5.32 Å². The predicted molar refractivity (Wildman–Crippen MR) is 103 cm³/mol. The highest BCUT2D eigenvalue weighted by Crippen LogP contribution is 2.33. The third kappa shape index (κ3) is 6.12. The summed E-state index contributed by atoms with van der Waals surface area (Å²) in [5.74, 6) is -1.30. The highest BCUT2D eigenvalue weighted by molar-refractivity contribution is 9.10. The van der Waals surface area contributed by atoms with E-state index in [4.69, 9.17) is 14.6 Å². The van der Waals surface area contributed by atoms with Gasteiger partial charge < -0.3 is 19.7 Å². The molecular weight excluding hydrogens is 418 g/mol. The number of rotatable bonds is 7. The molecule has 0 aliphatic rings. The maximum atomic E-state index is 12.3. The van der Waals surface area contributed by atoms with Gasteiger partial charge in [-0.05, 0) is 36.4 Å². The van der Waals surface area contributed by atoms with Crippen molar-refractivity contribution in [2.45, 2.75) is 12.2 Å². The molecule has 0 aromatic heterocycles. The van der Waals surface area contributed by atoms with Gasteiger partial charge in [0, 0.05) is 28.9 Å². The van der Waals surface area contributed by atoms with Gasteiger partial charge in [0.15, 0.2) is 6.10 Å². The van der Waals surface area contributed by atoms with E-state index in [2.05, 4.69) is 21.2 Å². The molecule has 0 spiro atoms. The Hall–Kier alpha value is -2.84. The number of carboxylic acid groups (broad SMARTS) is 1. The average Bonchev–Trinajstić information content (AvgIpc) is 2.64. The van der Waals surface area contributed by atoms with Crippen molar-refractivity contribution in [1.82, 2.24) is 0 Å². The molecule has 8 heteroatoms. The summed E-state index contributed by atoms with van der Waals surface area (Å²) in [6.07, 6.45) is -0.691. The van der Waals surface area contributed by atoms with E-state index in [0.29, 0.717) is 10.2 Å². The summed E-state index contributed by atoms with van der Waals surface area (Å²) in [5, 5.41) is 21.6. The van der Waals surface area contributed by atoms with Crippen molar-refractivity contribution >= 4 is 33.7 Å². The SMILES string of the molecule is CO[C@@H](/C=C/C(=O)O)[C@@H](OC(=O)Nc1ccccc1)c1cc(Br)ccc1O. The zero-order valence-electron chi connectivity index (χ0n) is 14.3. The van der Waals surface area contributed by atoms with Gasteiger partial charge in [0.25, 0.3) is 0 Å². The first-order valence-electron chi connectivity index (χ1n) is 7.85. The number of hydrogen-bond donors (Lipinski definition) is 3. The number of phenolic OH excluding ortho intramolecular Hbond substituents is 1. The van der Waals surface area contributed by atoms with Gasteiger partial charge in [-0.1, -0.05) is 34.1 Å². The fourth-order valence-electron chi connectivity index (χ4n) is 2.33. The summed E-state index contributed by atoms with van der Waals surface area (Å²) in [6, 6.07) is 13.3. The molecule has 0 aliphatic heterocycles. The van der Waals surface area contributed by atoms with Crippen molar-refractivity contribution in [3.8, 4) is 5.75 Å². The first-order chi connectivity index (χ1) is 12.9. The lowest BCUT2D eigenvalue weighted by atomic mass is 10.0. The standard InChI is InChI=1S/C19H18BrNO6/c1-26-16(9-10-17(23)24)18(14-11-12(20)7-8-15(14)22)27-19(25)21-13-5-3-2-4-6-13/h2-11,16,18,22H,1H3,(H,21,25)(H,23,24)/b10-9+/t16-,18-/m0/s1. The average molecular weight is 436 g/mol. The van der Waals surface area contributed by atoms with E-state index in [1.807, 2.05) is 0 Å². The van der Waals surface area contributed by atoms with E-state index >= 15 is 0 Å². The lowest BCUT2D eigenvalue weighted by Crippen LogP contribution is -2.27. The molecule has 0 bridgehead atoms. The van der Waals surface area contributed by atoms with E-state index < -0.39 is 24.3 Å². The zero-order chi connectivity index (χ0) is 19.8. The summed E-state index contributed by atoms with van der Waals surface area (Å²) in [7, 11) is 1.34. The lowest BCUT2D eigenvalue weighted by Gasteiger charge is -2.25. The van der Waals surface area contributed by atoms with Gasteiger partial charge in [0.05, 0.1) is 0 Å². The molecule has 0 unspecified atom stereocenters. The summed E-state index contributed by atoms with van der Waals surface area (Å²) in [5.41, 5.74) is 0.782. The number of aromatic hydroxyl groups is 1. The van der Waals surface area contributed by atoms with Crippen LogP contribution >= 0.6 is 15.9 Å². The van der Waals surface area contributed by atoms with Crippen LogP contribution in [0.4, 0.5) is 10.5 Å². The number of carbonyl (C=O) groups excluding carboxylic acids is 1. The van der Waals surface area contributed by atoms with Gasteiger partial charge in [-0.15, -0.1) is 0 Å².